The van der Waals surface area contributed by atoms with Gasteiger partial charge in [0.25, 0.3) is 5.91 Å². The lowest BCUT2D eigenvalue weighted by Crippen LogP contribution is -2.41. The molecule has 2 aromatic carbocycles. The fourth-order valence-corrected chi connectivity index (χ4v) is 3.04. The van der Waals surface area contributed by atoms with Crippen LogP contribution in [-0.4, -0.2) is 30.4 Å². The minimum absolute atomic E-state index is 0.292. The summed E-state index contributed by atoms with van der Waals surface area (Å²) in [7, 11) is 0. The third kappa shape index (κ3) is 5.47. The van der Waals surface area contributed by atoms with Gasteiger partial charge < -0.3 is 15.5 Å². The van der Waals surface area contributed by atoms with Crippen LogP contribution in [0.3, 0.4) is 0 Å². The molecule has 0 heterocycles. The predicted octanol–water partition coefficient (Wildman–Crippen LogP) is 4.33. The molecule has 5 nitrogen and oxygen atoms in total. The van der Waals surface area contributed by atoms with Crippen molar-refractivity contribution in [2.75, 3.05) is 16.8 Å². The molecule has 2 rings (SSSR count). The third-order valence-corrected chi connectivity index (χ3v) is 4.62. The molecule has 6 heteroatoms. The Kier molecular flexibility index (Phi) is 7.25. The molecule has 1 atom stereocenters. The molecule has 0 aliphatic carbocycles. The first-order chi connectivity index (χ1) is 12.8. The van der Waals surface area contributed by atoms with Gasteiger partial charge in [-0.3, -0.25) is 9.59 Å². The molecule has 2 amide bonds. The zero-order valence-corrected chi connectivity index (χ0v) is 16.9. The summed E-state index contributed by atoms with van der Waals surface area (Å²) < 4.78 is 0. The lowest BCUT2D eigenvalue weighted by Gasteiger charge is -2.27. The summed E-state index contributed by atoms with van der Waals surface area (Å²) in [6.45, 7) is 8.94. The molecular weight excluding hydrogens is 362 g/mol. The minimum atomic E-state index is -0.698. The highest BCUT2D eigenvalue weighted by Crippen LogP contribution is 2.20. The van der Waals surface area contributed by atoms with Crippen LogP contribution in [0.1, 0.15) is 38.1 Å². The molecule has 144 valence electrons. The molecule has 0 fully saturated rings. The van der Waals surface area contributed by atoms with Crippen LogP contribution < -0.4 is 15.5 Å². The van der Waals surface area contributed by atoms with Crippen molar-refractivity contribution in [3.8, 4) is 0 Å². The Hall–Kier alpha value is -2.53. The lowest BCUT2D eigenvalue weighted by molar-refractivity contribution is -0.117. The molecule has 1 unspecified atom stereocenters. The monoisotopic (exact) mass is 387 g/mol. The number of amides is 2. The second-order valence-electron chi connectivity index (χ2n) is 6.59. The molecule has 0 aliphatic rings. The van der Waals surface area contributed by atoms with Crippen molar-refractivity contribution in [3.05, 3.63) is 59.1 Å². The van der Waals surface area contributed by atoms with Crippen LogP contribution in [0.2, 0.25) is 5.02 Å². The zero-order chi connectivity index (χ0) is 20.0. The van der Waals surface area contributed by atoms with Gasteiger partial charge in [-0.05, 0) is 64.1 Å². The maximum absolute atomic E-state index is 12.4. The van der Waals surface area contributed by atoms with Crippen molar-refractivity contribution in [2.45, 2.75) is 39.8 Å². The lowest BCUT2D eigenvalue weighted by atomic mass is 10.2. The quantitative estimate of drug-likeness (QED) is 0.743. The largest absolute Gasteiger partial charge is 0.369 e. The first kappa shape index (κ1) is 20.8. The molecule has 0 radical (unpaired) electrons. The van der Waals surface area contributed by atoms with Gasteiger partial charge in [0.1, 0.15) is 6.04 Å². The number of carbonyl (C=O) groups is 2. The summed E-state index contributed by atoms with van der Waals surface area (Å²) in [6, 6.07) is 14.1. The Morgan fingerprint density at radius 1 is 1.04 bits per heavy atom. The van der Waals surface area contributed by atoms with Crippen molar-refractivity contribution < 1.29 is 9.59 Å². The van der Waals surface area contributed by atoms with Crippen LogP contribution in [0.25, 0.3) is 0 Å². The summed E-state index contributed by atoms with van der Waals surface area (Å²) in [5, 5.41) is 5.84. The van der Waals surface area contributed by atoms with E-state index in [1.165, 1.54) is 0 Å². The average Bonchev–Trinajstić information content (AvgIpc) is 2.63. The van der Waals surface area contributed by atoms with Crippen LogP contribution in [0.15, 0.2) is 48.5 Å². The smallest absolute Gasteiger partial charge is 0.253 e. The molecule has 0 saturated carbocycles. The van der Waals surface area contributed by atoms with E-state index in [4.69, 9.17) is 11.6 Å². The third-order valence-electron chi connectivity index (χ3n) is 4.29. The van der Waals surface area contributed by atoms with Crippen LogP contribution in [0, 0.1) is 0 Å². The molecule has 27 heavy (non-hydrogen) atoms. The second-order valence-corrected chi connectivity index (χ2v) is 7.00. The number of anilines is 2. The van der Waals surface area contributed by atoms with Crippen molar-refractivity contribution in [1.29, 1.82) is 0 Å². The van der Waals surface area contributed by atoms with Gasteiger partial charge in [-0.2, -0.15) is 0 Å². The normalized spacial score (nSPS) is 11.8. The Morgan fingerprint density at radius 2 is 1.67 bits per heavy atom. The van der Waals surface area contributed by atoms with Crippen LogP contribution in [0.4, 0.5) is 11.4 Å². The summed E-state index contributed by atoms with van der Waals surface area (Å²) >= 11 is 6.02. The molecule has 2 N–H and O–H groups in total. The van der Waals surface area contributed by atoms with Gasteiger partial charge in [-0.15, -0.1) is 0 Å². The van der Waals surface area contributed by atoms with E-state index in [1.807, 2.05) is 24.3 Å². The van der Waals surface area contributed by atoms with E-state index in [1.54, 1.807) is 31.2 Å². The first-order valence-corrected chi connectivity index (χ1v) is 9.44. The highest BCUT2D eigenvalue weighted by Gasteiger charge is 2.18. The summed E-state index contributed by atoms with van der Waals surface area (Å²) in [5.74, 6) is -0.673. The van der Waals surface area contributed by atoms with E-state index in [9.17, 15) is 9.59 Å². The van der Waals surface area contributed by atoms with Gasteiger partial charge in [0, 0.05) is 24.0 Å². The number of benzene rings is 2. The van der Waals surface area contributed by atoms with E-state index in [-0.39, 0.29) is 11.8 Å². The minimum Gasteiger partial charge on any atom is -0.369 e. The van der Waals surface area contributed by atoms with E-state index in [0.717, 1.165) is 12.2 Å². The van der Waals surface area contributed by atoms with E-state index in [0.29, 0.717) is 22.3 Å². The molecule has 0 spiro atoms. The van der Waals surface area contributed by atoms with Crippen molar-refractivity contribution in [1.82, 2.24) is 5.32 Å². The summed E-state index contributed by atoms with van der Waals surface area (Å²) in [6.07, 6.45) is 0. The number of hydrogen-bond acceptors (Lipinski definition) is 3. The van der Waals surface area contributed by atoms with E-state index >= 15 is 0 Å². The number of carbonyl (C=O) groups excluding carboxylic acids is 2. The number of hydrogen-bond donors (Lipinski definition) is 2. The Labute approximate surface area is 165 Å². The summed E-state index contributed by atoms with van der Waals surface area (Å²) in [4.78, 5) is 26.9. The molecule has 0 saturated heterocycles. The topological polar surface area (TPSA) is 61.4 Å². The van der Waals surface area contributed by atoms with Crippen molar-refractivity contribution in [2.24, 2.45) is 0 Å². The Bertz CT molecular complexity index is 790. The van der Waals surface area contributed by atoms with Crippen LogP contribution in [0.5, 0.6) is 0 Å². The zero-order valence-electron chi connectivity index (χ0n) is 16.1. The fourth-order valence-electron chi connectivity index (χ4n) is 2.82. The highest BCUT2D eigenvalue weighted by molar-refractivity contribution is 6.33. The summed E-state index contributed by atoms with van der Waals surface area (Å²) in [5.41, 5.74) is 2.13. The van der Waals surface area contributed by atoms with E-state index < -0.39 is 6.04 Å². The molecule has 0 bridgehead atoms. The van der Waals surface area contributed by atoms with Crippen molar-refractivity contribution >= 4 is 34.8 Å². The standard InChI is InChI=1S/C21H26ClN3O2/c1-5-25(14(2)3)17-12-10-16(11-13-17)24-20(26)15(4)23-21(27)18-8-6-7-9-19(18)22/h6-15H,5H2,1-4H3,(H,23,27)(H,24,26). The Morgan fingerprint density at radius 3 is 2.22 bits per heavy atom. The van der Waals surface area contributed by atoms with Gasteiger partial charge >= 0.3 is 0 Å². The predicted molar refractivity (Wildman–Crippen MR) is 112 cm³/mol. The molecule has 2 aromatic rings. The fraction of sp³-hybridized carbons (Fsp3) is 0.333. The SMILES string of the molecule is CCN(c1ccc(NC(=O)C(C)NC(=O)c2ccccc2Cl)cc1)C(C)C. The number of nitrogens with zero attached hydrogens (tertiary/aromatic N) is 1. The van der Waals surface area contributed by atoms with Crippen molar-refractivity contribution in [3.63, 3.8) is 0 Å². The number of nitrogens with one attached hydrogen (secondary N) is 2. The van der Waals surface area contributed by atoms with Gasteiger partial charge in [-0.1, -0.05) is 23.7 Å². The maximum atomic E-state index is 12.4. The van der Waals surface area contributed by atoms with E-state index in [2.05, 4.69) is 36.3 Å². The first-order valence-electron chi connectivity index (χ1n) is 9.06. The molecule has 0 aromatic heterocycles. The van der Waals surface area contributed by atoms with Gasteiger partial charge in [0.2, 0.25) is 5.91 Å². The Balaban J connectivity index is 1.98. The highest BCUT2D eigenvalue weighted by atomic mass is 35.5. The number of halogens is 1. The second kappa shape index (κ2) is 9.42. The van der Waals surface area contributed by atoms with Gasteiger partial charge in [-0.25, -0.2) is 0 Å². The molecule has 0 aliphatic heterocycles. The maximum Gasteiger partial charge on any atom is 0.253 e. The van der Waals surface area contributed by atoms with Crippen LogP contribution >= 0.6 is 11.6 Å². The average molecular weight is 388 g/mol. The van der Waals surface area contributed by atoms with Gasteiger partial charge in [0.05, 0.1) is 10.6 Å². The van der Waals surface area contributed by atoms with Gasteiger partial charge in [0.15, 0.2) is 0 Å². The number of rotatable bonds is 7. The van der Waals surface area contributed by atoms with Crippen LogP contribution in [-0.2, 0) is 4.79 Å². The molecular formula is C21H26ClN3O2.